The van der Waals surface area contributed by atoms with Crippen LogP contribution in [0.15, 0.2) is 24.3 Å². The number of carboxylic acid groups (broad SMARTS) is 1. The Morgan fingerprint density at radius 3 is 2.09 bits per heavy atom. The third-order valence-corrected chi connectivity index (χ3v) is 4.70. The maximum absolute atomic E-state index is 12.3. The molecule has 0 aromatic heterocycles. The average Bonchev–Trinajstić information content (AvgIpc) is 2.75. The molecule has 0 bridgehead atoms. The number of hydrogen-bond donors (Lipinski definition) is 1. The first kappa shape index (κ1) is 14.7. The minimum atomic E-state index is -0.784. The van der Waals surface area contributed by atoms with Gasteiger partial charge in [0.15, 0.2) is 0 Å². The van der Waals surface area contributed by atoms with Crippen LogP contribution in [-0.2, 0) is 4.79 Å². The Kier molecular flexibility index (Phi) is 3.48. The molecular formula is C16H18N2O4. The minimum absolute atomic E-state index is 0.224. The van der Waals surface area contributed by atoms with Crippen molar-refractivity contribution < 1.29 is 19.5 Å². The summed E-state index contributed by atoms with van der Waals surface area (Å²) in [6.45, 7) is 3.10. The van der Waals surface area contributed by atoms with Crippen LogP contribution in [0.4, 0.5) is 0 Å². The summed E-state index contributed by atoms with van der Waals surface area (Å²) < 4.78 is 0. The second-order valence-electron chi connectivity index (χ2n) is 6.21. The van der Waals surface area contributed by atoms with Crippen LogP contribution >= 0.6 is 0 Å². The lowest BCUT2D eigenvalue weighted by atomic mass is 9.81. The van der Waals surface area contributed by atoms with Gasteiger partial charge >= 0.3 is 5.97 Å². The zero-order valence-electron chi connectivity index (χ0n) is 12.4. The van der Waals surface area contributed by atoms with Crippen molar-refractivity contribution in [1.82, 2.24) is 9.80 Å². The number of benzene rings is 1. The van der Waals surface area contributed by atoms with Crippen LogP contribution in [0.3, 0.4) is 0 Å². The molecule has 0 aliphatic carbocycles. The van der Waals surface area contributed by atoms with Crippen molar-refractivity contribution in [3.05, 3.63) is 35.4 Å². The summed E-state index contributed by atoms with van der Waals surface area (Å²) in [6, 6.07) is 6.81. The number of carboxylic acids is 1. The van der Waals surface area contributed by atoms with E-state index in [1.807, 2.05) is 4.90 Å². The summed E-state index contributed by atoms with van der Waals surface area (Å²) in [4.78, 5) is 39.1. The fourth-order valence-electron chi connectivity index (χ4n) is 2.97. The van der Waals surface area contributed by atoms with E-state index >= 15 is 0 Å². The number of aliphatic carboxylic acids is 1. The smallest absolute Gasteiger partial charge is 0.309 e. The highest BCUT2D eigenvalue weighted by molar-refractivity contribution is 6.21. The normalized spacial score (nSPS) is 21.0. The van der Waals surface area contributed by atoms with Crippen LogP contribution in [0.25, 0.3) is 0 Å². The maximum atomic E-state index is 12.3. The number of nitrogens with zero attached hydrogens (tertiary/aromatic N) is 2. The van der Waals surface area contributed by atoms with Crippen LogP contribution < -0.4 is 0 Å². The van der Waals surface area contributed by atoms with Crippen molar-refractivity contribution in [2.75, 3.05) is 19.8 Å². The van der Waals surface area contributed by atoms with Crippen LogP contribution in [0, 0.1) is 5.41 Å². The van der Waals surface area contributed by atoms with E-state index in [4.69, 9.17) is 0 Å². The SMILES string of the molecule is CC1(C(=O)O)CCN(CN2C(=O)c3ccccc3C2=O)CC1. The standard InChI is InChI=1S/C16H18N2O4/c1-16(15(21)22)6-8-17(9-7-16)10-18-13(19)11-4-2-3-5-12(11)14(18)20/h2-5H,6-10H2,1H3,(H,21,22). The highest BCUT2D eigenvalue weighted by Gasteiger charge is 2.40. The minimum Gasteiger partial charge on any atom is -0.481 e. The molecule has 2 heterocycles. The Morgan fingerprint density at radius 1 is 1.14 bits per heavy atom. The third kappa shape index (κ3) is 2.29. The van der Waals surface area contributed by atoms with E-state index in [9.17, 15) is 19.5 Å². The van der Waals surface area contributed by atoms with Gasteiger partial charge in [0.2, 0.25) is 0 Å². The molecule has 0 unspecified atom stereocenters. The molecule has 1 N–H and O–H groups in total. The molecule has 116 valence electrons. The molecule has 6 nitrogen and oxygen atoms in total. The molecule has 1 aromatic carbocycles. The van der Waals surface area contributed by atoms with Gasteiger partial charge in [-0.3, -0.25) is 24.2 Å². The molecule has 2 aliphatic rings. The van der Waals surface area contributed by atoms with Crippen LogP contribution in [0.1, 0.15) is 40.5 Å². The summed E-state index contributed by atoms with van der Waals surface area (Å²) in [5.74, 6) is -1.33. The molecule has 0 atom stereocenters. The van der Waals surface area contributed by atoms with Gasteiger partial charge < -0.3 is 5.11 Å². The van der Waals surface area contributed by atoms with E-state index in [1.165, 1.54) is 4.90 Å². The highest BCUT2D eigenvalue weighted by Crippen LogP contribution is 2.31. The Bertz CT molecular complexity index is 612. The number of piperidine rings is 1. The van der Waals surface area contributed by atoms with E-state index in [2.05, 4.69) is 0 Å². The van der Waals surface area contributed by atoms with Crippen molar-refractivity contribution in [2.45, 2.75) is 19.8 Å². The number of imide groups is 1. The number of rotatable bonds is 3. The quantitative estimate of drug-likeness (QED) is 0.855. The van der Waals surface area contributed by atoms with Gasteiger partial charge in [-0.2, -0.15) is 0 Å². The Balaban J connectivity index is 1.68. The second kappa shape index (κ2) is 5.21. The van der Waals surface area contributed by atoms with Crippen LogP contribution in [-0.4, -0.2) is 52.4 Å². The zero-order valence-corrected chi connectivity index (χ0v) is 12.4. The number of carbonyl (C=O) groups excluding carboxylic acids is 2. The molecular weight excluding hydrogens is 284 g/mol. The molecule has 1 fully saturated rings. The van der Waals surface area contributed by atoms with Crippen molar-refractivity contribution in [3.8, 4) is 0 Å². The highest BCUT2D eigenvalue weighted by atomic mass is 16.4. The first-order valence-electron chi connectivity index (χ1n) is 7.33. The second-order valence-corrected chi connectivity index (χ2v) is 6.21. The lowest BCUT2D eigenvalue weighted by Crippen LogP contribution is -2.48. The monoisotopic (exact) mass is 302 g/mol. The summed E-state index contributed by atoms with van der Waals surface area (Å²) in [5.41, 5.74) is 0.179. The Morgan fingerprint density at radius 2 is 1.64 bits per heavy atom. The third-order valence-electron chi connectivity index (χ3n) is 4.70. The number of fused-ring (bicyclic) bond motifs is 1. The fourth-order valence-corrected chi connectivity index (χ4v) is 2.97. The predicted molar refractivity (Wildman–Crippen MR) is 78.4 cm³/mol. The summed E-state index contributed by atoms with van der Waals surface area (Å²) in [6.07, 6.45) is 1.04. The summed E-state index contributed by atoms with van der Waals surface area (Å²) in [5, 5.41) is 9.23. The van der Waals surface area contributed by atoms with Gasteiger partial charge in [-0.25, -0.2) is 0 Å². The van der Waals surface area contributed by atoms with E-state index in [0.29, 0.717) is 37.1 Å². The van der Waals surface area contributed by atoms with E-state index in [-0.39, 0.29) is 18.5 Å². The summed E-state index contributed by atoms with van der Waals surface area (Å²) >= 11 is 0. The first-order chi connectivity index (χ1) is 10.4. The van der Waals surface area contributed by atoms with Crippen LogP contribution in [0.2, 0.25) is 0 Å². The molecule has 0 saturated carbocycles. The van der Waals surface area contributed by atoms with Crippen molar-refractivity contribution >= 4 is 17.8 Å². The molecule has 0 spiro atoms. The van der Waals surface area contributed by atoms with Gasteiger partial charge in [0, 0.05) is 13.1 Å². The van der Waals surface area contributed by atoms with E-state index in [0.717, 1.165) is 0 Å². The van der Waals surface area contributed by atoms with Crippen molar-refractivity contribution in [2.24, 2.45) is 5.41 Å². The van der Waals surface area contributed by atoms with Gasteiger partial charge in [0.1, 0.15) is 0 Å². The number of amides is 2. The zero-order chi connectivity index (χ0) is 15.9. The molecule has 22 heavy (non-hydrogen) atoms. The number of carbonyl (C=O) groups is 3. The molecule has 1 saturated heterocycles. The molecule has 1 aromatic rings. The van der Waals surface area contributed by atoms with Crippen molar-refractivity contribution in [3.63, 3.8) is 0 Å². The predicted octanol–water partition coefficient (Wildman–Crippen LogP) is 1.43. The topological polar surface area (TPSA) is 77.9 Å². The largest absolute Gasteiger partial charge is 0.481 e. The molecule has 2 aliphatic heterocycles. The number of hydrogen-bond acceptors (Lipinski definition) is 4. The molecule has 2 amide bonds. The number of likely N-dealkylation sites (tertiary alicyclic amines) is 1. The van der Waals surface area contributed by atoms with Gasteiger partial charge in [0.25, 0.3) is 11.8 Å². The van der Waals surface area contributed by atoms with Gasteiger partial charge in [-0.05, 0) is 31.9 Å². The lowest BCUT2D eigenvalue weighted by Gasteiger charge is -2.37. The molecule has 6 heteroatoms. The average molecular weight is 302 g/mol. The Labute approximate surface area is 128 Å². The van der Waals surface area contributed by atoms with Gasteiger partial charge in [-0.1, -0.05) is 12.1 Å². The van der Waals surface area contributed by atoms with Crippen molar-refractivity contribution in [1.29, 1.82) is 0 Å². The van der Waals surface area contributed by atoms with Gasteiger partial charge in [0.05, 0.1) is 23.2 Å². The molecule has 0 radical (unpaired) electrons. The lowest BCUT2D eigenvalue weighted by molar-refractivity contribution is -0.150. The van der Waals surface area contributed by atoms with Crippen LogP contribution in [0.5, 0.6) is 0 Å². The van der Waals surface area contributed by atoms with E-state index < -0.39 is 11.4 Å². The first-order valence-corrected chi connectivity index (χ1v) is 7.33. The summed E-state index contributed by atoms with van der Waals surface area (Å²) in [7, 11) is 0. The van der Waals surface area contributed by atoms with Gasteiger partial charge in [-0.15, -0.1) is 0 Å². The molecule has 3 rings (SSSR count). The maximum Gasteiger partial charge on any atom is 0.309 e. The Hall–Kier alpha value is -2.21. The van der Waals surface area contributed by atoms with E-state index in [1.54, 1.807) is 31.2 Å². The fraction of sp³-hybridized carbons (Fsp3) is 0.438.